The fourth-order valence-electron chi connectivity index (χ4n) is 6.88. The van der Waals surface area contributed by atoms with Gasteiger partial charge in [-0.15, -0.1) is 11.3 Å². The SMILES string of the molecule is O=C(O)C1(c2ccccc2)CCN(Cc2nc(-c3ccc(NCCC4CCC(c5ccc(Cl)cc5)CC4)cc3)cs2)CC1. The molecule has 224 valence electrons. The van der Waals surface area contributed by atoms with Crippen molar-refractivity contribution in [1.82, 2.24) is 9.88 Å². The zero-order chi connectivity index (χ0) is 29.6. The summed E-state index contributed by atoms with van der Waals surface area (Å²) >= 11 is 7.74. The minimum Gasteiger partial charge on any atom is -0.481 e. The maximum Gasteiger partial charge on any atom is 0.314 e. The summed E-state index contributed by atoms with van der Waals surface area (Å²) in [5, 5.41) is 17.7. The molecule has 1 aliphatic carbocycles. The van der Waals surface area contributed by atoms with E-state index in [1.807, 2.05) is 42.5 Å². The molecule has 43 heavy (non-hydrogen) atoms. The molecule has 3 aromatic carbocycles. The number of carboxylic acids is 1. The number of rotatable bonds is 10. The fourth-order valence-corrected chi connectivity index (χ4v) is 7.85. The van der Waals surface area contributed by atoms with Crippen molar-refractivity contribution in [1.29, 1.82) is 0 Å². The first-order chi connectivity index (χ1) is 21.0. The van der Waals surface area contributed by atoms with Crippen molar-refractivity contribution < 1.29 is 9.90 Å². The van der Waals surface area contributed by atoms with Gasteiger partial charge in [-0.2, -0.15) is 0 Å². The van der Waals surface area contributed by atoms with Gasteiger partial charge in [0.05, 0.1) is 17.7 Å². The van der Waals surface area contributed by atoms with Gasteiger partial charge in [0.1, 0.15) is 5.01 Å². The van der Waals surface area contributed by atoms with Gasteiger partial charge in [0, 0.05) is 41.3 Å². The highest BCUT2D eigenvalue weighted by atomic mass is 35.5. The average molecular weight is 614 g/mol. The number of benzene rings is 3. The summed E-state index contributed by atoms with van der Waals surface area (Å²) in [6.07, 6.45) is 7.57. The van der Waals surface area contributed by atoms with E-state index in [9.17, 15) is 9.90 Å². The van der Waals surface area contributed by atoms with Crippen molar-refractivity contribution in [3.05, 3.63) is 105 Å². The number of piperidine rings is 1. The number of aromatic nitrogens is 1. The van der Waals surface area contributed by atoms with Crippen LogP contribution in [0.4, 0.5) is 5.69 Å². The summed E-state index contributed by atoms with van der Waals surface area (Å²) < 4.78 is 0. The molecule has 0 spiro atoms. The van der Waals surface area contributed by atoms with Gasteiger partial charge in [-0.1, -0.05) is 66.2 Å². The highest BCUT2D eigenvalue weighted by Crippen LogP contribution is 2.38. The molecule has 1 saturated heterocycles. The first-order valence-electron chi connectivity index (χ1n) is 15.5. The second kappa shape index (κ2) is 13.6. The van der Waals surface area contributed by atoms with Crippen LogP contribution in [0.25, 0.3) is 11.3 Å². The van der Waals surface area contributed by atoms with Crippen molar-refractivity contribution in [3.63, 3.8) is 0 Å². The zero-order valence-corrected chi connectivity index (χ0v) is 26.1. The van der Waals surface area contributed by atoms with Crippen LogP contribution in [-0.4, -0.2) is 40.6 Å². The van der Waals surface area contributed by atoms with Crippen molar-refractivity contribution in [3.8, 4) is 11.3 Å². The number of anilines is 1. The highest BCUT2D eigenvalue weighted by Gasteiger charge is 2.43. The third kappa shape index (κ3) is 7.14. The quantitative estimate of drug-likeness (QED) is 0.187. The largest absolute Gasteiger partial charge is 0.481 e. The van der Waals surface area contributed by atoms with E-state index >= 15 is 0 Å². The molecule has 0 amide bonds. The van der Waals surface area contributed by atoms with E-state index in [0.717, 1.165) is 64.6 Å². The van der Waals surface area contributed by atoms with E-state index in [1.165, 1.54) is 37.7 Å². The molecular weight excluding hydrogens is 574 g/mol. The predicted octanol–water partition coefficient (Wildman–Crippen LogP) is 8.86. The van der Waals surface area contributed by atoms with Gasteiger partial charge < -0.3 is 10.4 Å². The Hall–Kier alpha value is -3.19. The normalized spacial score (nSPS) is 20.5. The summed E-state index contributed by atoms with van der Waals surface area (Å²) in [6.45, 7) is 3.26. The van der Waals surface area contributed by atoms with E-state index in [0.29, 0.717) is 18.8 Å². The predicted molar refractivity (Wildman–Crippen MR) is 177 cm³/mol. The lowest BCUT2D eigenvalue weighted by Gasteiger charge is -2.39. The lowest BCUT2D eigenvalue weighted by molar-refractivity contribution is -0.146. The molecule has 1 aliphatic heterocycles. The third-order valence-electron chi connectivity index (χ3n) is 9.61. The van der Waals surface area contributed by atoms with Crippen LogP contribution < -0.4 is 5.32 Å². The minimum atomic E-state index is -0.793. The maximum absolute atomic E-state index is 12.3. The highest BCUT2D eigenvalue weighted by molar-refractivity contribution is 7.09. The van der Waals surface area contributed by atoms with Gasteiger partial charge in [-0.3, -0.25) is 9.69 Å². The lowest BCUT2D eigenvalue weighted by Crippen LogP contribution is -2.47. The number of nitrogens with one attached hydrogen (secondary N) is 1. The van der Waals surface area contributed by atoms with E-state index in [-0.39, 0.29) is 0 Å². The van der Waals surface area contributed by atoms with Crippen LogP contribution in [0.3, 0.4) is 0 Å². The molecule has 2 heterocycles. The monoisotopic (exact) mass is 613 g/mol. The zero-order valence-electron chi connectivity index (χ0n) is 24.6. The molecule has 2 N–H and O–H groups in total. The number of carbonyl (C=O) groups is 1. The average Bonchev–Trinajstić information content (AvgIpc) is 3.51. The summed E-state index contributed by atoms with van der Waals surface area (Å²) in [4.78, 5) is 19.5. The second-order valence-corrected chi connectivity index (χ2v) is 13.6. The summed E-state index contributed by atoms with van der Waals surface area (Å²) in [7, 11) is 0. The molecule has 2 aliphatic rings. The second-order valence-electron chi connectivity index (χ2n) is 12.2. The molecule has 2 fully saturated rings. The number of halogens is 1. The Morgan fingerprint density at radius 2 is 1.65 bits per heavy atom. The number of nitrogens with zero attached hydrogens (tertiary/aromatic N) is 2. The maximum atomic E-state index is 12.3. The smallest absolute Gasteiger partial charge is 0.314 e. The Labute approximate surface area is 263 Å². The number of hydrogen-bond acceptors (Lipinski definition) is 5. The molecule has 5 nitrogen and oxygen atoms in total. The van der Waals surface area contributed by atoms with Crippen LogP contribution in [0.1, 0.15) is 67.0 Å². The Kier molecular flexibility index (Phi) is 9.46. The number of thiazole rings is 1. The van der Waals surface area contributed by atoms with Gasteiger partial charge >= 0.3 is 5.97 Å². The van der Waals surface area contributed by atoms with Gasteiger partial charge in [-0.05, 0) is 92.2 Å². The number of aliphatic carboxylic acids is 1. The van der Waals surface area contributed by atoms with Gasteiger partial charge in [0.25, 0.3) is 0 Å². The molecule has 0 bridgehead atoms. The Balaban J connectivity index is 0.949. The van der Waals surface area contributed by atoms with Crippen LogP contribution in [0.2, 0.25) is 5.02 Å². The molecule has 0 unspecified atom stereocenters. The summed E-state index contributed by atoms with van der Waals surface area (Å²) in [5.74, 6) is 0.754. The van der Waals surface area contributed by atoms with E-state index in [4.69, 9.17) is 16.6 Å². The van der Waals surface area contributed by atoms with Gasteiger partial charge in [0.15, 0.2) is 0 Å². The molecule has 7 heteroatoms. The van der Waals surface area contributed by atoms with Crippen molar-refractivity contribution in [2.24, 2.45) is 5.92 Å². The van der Waals surface area contributed by atoms with Crippen LogP contribution in [-0.2, 0) is 16.8 Å². The number of hydrogen-bond donors (Lipinski definition) is 2. The lowest BCUT2D eigenvalue weighted by atomic mass is 9.73. The first kappa shape index (κ1) is 29.9. The first-order valence-corrected chi connectivity index (χ1v) is 16.8. The van der Waals surface area contributed by atoms with Crippen molar-refractivity contribution in [2.75, 3.05) is 25.0 Å². The molecule has 1 aromatic heterocycles. The summed E-state index contributed by atoms with van der Waals surface area (Å²) in [5.41, 5.74) is 4.84. The number of likely N-dealkylation sites (tertiary alicyclic amines) is 1. The molecule has 1 saturated carbocycles. The summed E-state index contributed by atoms with van der Waals surface area (Å²) in [6, 6.07) is 26.7. The standard InChI is InChI=1S/C36H40ClN3O2S/c37-31-14-10-28(11-15-31)27-8-6-26(7-9-27)18-21-38-32-16-12-29(13-17-32)33-25-43-34(39-33)24-40-22-19-36(20-23-40,35(41)42)30-4-2-1-3-5-30/h1-5,10-17,25-27,38H,6-9,18-24H2,(H,41,42). The van der Waals surface area contributed by atoms with E-state index < -0.39 is 11.4 Å². The molecule has 0 atom stereocenters. The minimum absolute atomic E-state index is 0.615. The molecular formula is C36H40ClN3O2S. The fraction of sp³-hybridized carbons (Fsp3) is 0.389. The van der Waals surface area contributed by atoms with E-state index in [1.54, 1.807) is 11.3 Å². The Morgan fingerprint density at radius 3 is 2.33 bits per heavy atom. The van der Waals surface area contributed by atoms with E-state index in [2.05, 4.69) is 52.0 Å². The third-order valence-corrected chi connectivity index (χ3v) is 10.7. The van der Waals surface area contributed by atoms with Crippen LogP contribution in [0.15, 0.2) is 84.2 Å². The molecule has 4 aromatic rings. The molecule has 6 rings (SSSR count). The Bertz CT molecular complexity index is 1470. The van der Waals surface area contributed by atoms with Gasteiger partial charge in [-0.25, -0.2) is 4.98 Å². The topological polar surface area (TPSA) is 65.5 Å². The number of carboxylic acid groups (broad SMARTS) is 1. The van der Waals surface area contributed by atoms with Gasteiger partial charge in [0.2, 0.25) is 0 Å². The van der Waals surface area contributed by atoms with Crippen molar-refractivity contribution >= 4 is 34.6 Å². The van der Waals surface area contributed by atoms with Crippen LogP contribution in [0, 0.1) is 5.92 Å². The molecule has 0 radical (unpaired) electrons. The van der Waals surface area contributed by atoms with Crippen LogP contribution in [0.5, 0.6) is 0 Å². The van der Waals surface area contributed by atoms with Crippen molar-refractivity contribution in [2.45, 2.75) is 62.8 Å². The Morgan fingerprint density at radius 1 is 0.953 bits per heavy atom. The van der Waals surface area contributed by atoms with Crippen LogP contribution >= 0.6 is 22.9 Å².